The molecule has 0 saturated carbocycles. The SMILES string of the molecule is OC[C@@H](O)COc1ccc2ccc(CO[C@H]3CNCC[C@@H]3c3ccc(OCCCOCc4ccccc4)cc3)cc2c1. The highest BCUT2D eigenvalue weighted by Gasteiger charge is 2.27. The molecule has 0 aliphatic carbocycles. The number of piperidine rings is 1. The van der Waals surface area contributed by atoms with Gasteiger partial charge in [0.15, 0.2) is 0 Å². The summed E-state index contributed by atoms with van der Waals surface area (Å²) in [5, 5.41) is 24.2. The van der Waals surface area contributed by atoms with Gasteiger partial charge in [-0.15, -0.1) is 0 Å². The first-order valence-corrected chi connectivity index (χ1v) is 14.8. The van der Waals surface area contributed by atoms with Crippen LogP contribution in [0.2, 0.25) is 0 Å². The first kappa shape index (κ1) is 30.0. The normalized spacial score (nSPS) is 17.7. The Morgan fingerprint density at radius 3 is 2.43 bits per heavy atom. The summed E-state index contributed by atoms with van der Waals surface area (Å²) in [7, 11) is 0. The molecule has 0 aromatic heterocycles. The topological polar surface area (TPSA) is 89.4 Å². The van der Waals surface area contributed by atoms with Crippen LogP contribution in [0.5, 0.6) is 11.5 Å². The second kappa shape index (κ2) is 15.7. The fraction of sp³-hybridized carbons (Fsp3) is 0.371. The van der Waals surface area contributed by atoms with E-state index in [9.17, 15) is 5.11 Å². The van der Waals surface area contributed by atoms with Crippen LogP contribution in [0.25, 0.3) is 10.8 Å². The molecular weight excluding hydrogens is 530 g/mol. The number of hydrogen-bond acceptors (Lipinski definition) is 7. The summed E-state index contributed by atoms with van der Waals surface area (Å²) in [6.45, 7) is 3.94. The molecule has 7 heteroatoms. The third-order valence-corrected chi connectivity index (χ3v) is 7.54. The molecule has 4 aromatic rings. The molecule has 7 nitrogen and oxygen atoms in total. The minimum Gasteiger partial charge on any atom is -0.494 e. The van der Waals surface area contributed by atoms with E-state index in [1.165, 1.54) is 11.1 Å². The van der Waals surface area contributed by atoms with Crippen molar-refractivity contribution in [3.05, 3.63) is 108 Å². The molecule has 222 valence electrons. The predicted octanol–water partition coefficient (Wildman–Crippen LogP) is 5.22. The summed E-state index contributed by atoms with van der Waals surface area (Å²) in [5.41, 5.74) is 3.55. The Balaban J connectivity index is 1.10. The summed E-state index contributed by atoms with van der Waals surface area (Å²) in [5.74, 6) is 1.84. The van der Waals surface area contributed by atoms with Gasteiger partial charge in [0.05, 0.1) is 39.1 Å². The lowest BCUT2D eigenvalue weighted by Gasteiger charge is -2.32. The summed E-state index contributed by atoms with van der Waals surface area (Å²) >= 11 is 0. The fourth-order valence-corrected chi connectivity index (χ4v) is 5.22. The lowest BCUT2D eigenvalue weighted by atomic mass is 9.87. The maximum Gasteiger partial charge on any atom is 0.120 e. The monoisotopic (exact) mass is 571 g/mol. The minimum absolute atomic E-state index is 0.0537. The van der Waals surface area contributed by atoms with Crippen LogP contribution >= 0.6 is 0 Å². The molecule has 42 heavy (non-hydrogen) atoms. The third kappa shape index (κ3) is 8.77. The highest BCUT2D eigenvalue weighted by atomic mass is 16.5. The van der Waals surface area contributed by atoms with E-state index < -0.39 is 6.10 Å². The maximum absolute atomic E-state index is 9.57. The number of ether oxygens (including phenoxy) is 4. The van der Waals surface area contributed by atoms with E-state index in [2.05, 4.69) is 59.9 Å². The molecule has 0 bridgehead atoms. The molecule has 0 unspecified atom stereocenters. The van der Waals surface area contributed by atoms with Gasteiger partial charge < -0.3 is 34.5 Å². The molecule has 0 radical (unpaired) electrons. The van der Waals surface area contributed by atoms with Crippen LogP contribution in [0.4, 0.5) is 0 Å². The smallest absolute Gasteiger partial charge is 0.120 e. The van der Waals surface area contributed by atoms with Gasteiger partial charge in [-0.05, 0) is 70.8 Å². The van der Waals surface area contributed by atoms with Gasteiger partial charge >= 0.3 is 0 Å². The molecule has 5 rings (SSSR count). The lowest BCUT2D eigenvalue weighted by molar-refractivity contribution is 0.0106. The Morgan fingerprint density at radius 1 is 0.786 bits per heavy atom. The van der Waals surface area contributed by atoms with Crippen molar-refractivity contribution in [2.75, 3.05) is 39.5 Å². The number of nitrogens with one attached hydrogen (secondary N) is 1. The molecule has 1 heterocycles. The second-order valence-corrected chi connectivity index (χ2v) is 10.7. The van der Waals surface area contributed by atoms with Crippen molar-refractivity contribution in [2.45, 2.75) is 44.2 Å². The Morgan fingerprint density at radius 2 is 1.60 bits per heavy atom. The Bertz CT molecular complexity index is 1360. The van der Waals surface area contributed by atoms with Gasteiger partial charge in [0.1, 0.15) is 24.2 Å². The Labute approximate surface area is 248 Å². The van der Waals surface area contributed by atoms with Gasteiger partial charge in [-0.25, -0.2) is 0 Å². The maximum atomic E-state index is 9.57. The highest BCUT2D eigenvalue weighted by molar-refractivity contribution is 5.84. The molecule has 1 saturated heterocycles. The Hall–Kier alpha value is -3.46. The largest absolute Gasteiger partial charge is 0.494 e. The zero-order valence-corrected chi connectivity index (χ0v) is 24.0. The van der Waals surface area contributed by atoms with Crippen LogP contribution in [-0.4, -0.2) is 61.9 Å². The van der Waals surface area contributed by atoms with Crippen molar-refractivity contribution in [2.24, 2.45) is 0 Å². The number of rotatable bonds is 15. The van der Waals surface area contributed by atoms with Crippen LogP contribution in [0.3, 0.4) is 0 Å². The second-order valence-electron chi connectivity index (χ2n) is 10.7. The number of aliphatic hydroxyl groups is 2. The summed E-state index contributed by atoms with van der Waals surface area (Å²) in [4.78, 5) is 0. The quantitative estimate of drug-likeness (QED) is 0.169. The van der Waals surface area contributed by atoms with Crippen LogP contribution in [0, 0.1) is 0 Å². The Kier molecular flexibility index (Phi) is 11.2. The number of hydrogen-bond donors (Lipinski definition) is 3. The first-order chi connectivity index (χ1) is 20.7. The van der Waals surface area contributed by atoms with Crippen LogP contribution in [0.1, 0.15) is 35.4 Å². The van der Waals surface area contributed by atoms with Crippen molar-refractivity contribution in [3.8, 4) is 11.5 Å². The number of aliphatic hydroxyl groups excluding tert-OH is 2. The van der Waals surface area contributed by atoms with Crippen molar-refractivity contribution in [3.63, 3.8) is 0 Å². The lowest BCUT2D eigenvalue weighted by Crippen LogP contribution is -2.40. The van der Waals surface area contributed by atoms with Crippen LogP contribution in [0.15, 0.2) is 91.0 Å². The average molecular weight is 572 g/mol. The molecule has 0 spiro atoms. The van der Waals surface area contributed by atoms with Crippen molar-refractivity contribution >= 4 is 10.8 Å². The minimum atomic E-state index is -0.892. The highest BCUT2D eigenvalue weighted by Crippen LogP contribution is 2.30. The fourth-order valence-electron chi connectivity index (χ4n) is 5.22. The van der Waals surface area contributed by atoms with E-state index in [1.807, 2.05) is 36.4 Å². The summed E-state index contributed by atoms with van der Waals surface area (Å²) in [6.07, 6.45) is 1.03. The van der Waals surface area contributed by atoms with Gasteiger partial charge in [0.2, 0.25) is 0 Å². The van der Waals surface area contributed by atoms with Crippen LogP contribution < -0.4 is 14.8 Å². The number of fused-ring (bicyclic) bond motifs is 1. The molecule has 0 amide bonds. The molecule has 1 fully saturated rings. The van der Waals surface area contributed by atoms with Gasteiger partial charge in [-0.3, -0.25) is 0 Å². The van der Waals surface area contributed by atoms with Crippen LogP contribution in [-0.2, 0) is 22.7 Å². The standard InChI is InChI=1S/C35H41NO6/c37-22-31(38)25-41-33-14-9-28-8-7-27(19-30(28)20-33)24-42-35-21-36-16-15-34(35)29-10-12-32(13-11-29)40-18-4-17-39-23-26-5-2-1-3-6-26/h1-3,5-14,19-20,31,34-38H,4,15-18,21-25H2/t31-,34-,35+/m1/s1. The zero-order valence-electron chi connectivity index (χ0n) is 24.0. The molecule has 1 aliphatic rings. The van der Waals surface area contributed by atoms with E-state index in [-0.39, 0.29) is 19.3 Å². The van der Waals surface area contributed by atoms with E-state index in [1.54, 1.807) is 0 Å². The van der Waals surface area contributed by atoms with E-state index >= 15 is 0 Å². The van der Waals surface area contributed by atoms with Gasteiger partial charge in [-0.1, -0.05) is 60.7 Å². The van der Waals surface area contributed by atoms with Crippen molar-refractivity contribution in [1.82, 2.24) is 5.32 Å². The zero-order chi connectivity index (χ0) is 29.0. The van der Waals surface area contributed by atoms with Crippen molar-refractivity contribution < 1.29 is 29.2 Å². The van der Waals surface area contributed by atoms with Gasteiger partial charge in [0, 0.05) is 18.9 Å². The third-order valence-electron chi connectivity index (χ3n) is 7.54. The molecule has 4 aromatic carbocycles. The molecular formula is C35H41NO6. The molecule has 3 N–H and O–H groups in total. The van der Waals surface area contributed by atoms with Crippen molar-refractivity contribution in [1.29, 1.82) is 0 Å². The number of benzene rings is 4. The molecule has 3 atom stereocenters. The molecule has 1 aliphatic heterocycles. The van der Waals surface area contributed by atoms with Gasteiger partial charge in [0.25, 0.3) is 0 Å². The summed E-state index contributed by atoms with van der Waals surface area (Å²) in [6, 6.07) is 30.8. The van der Waals surface area contributed by atoms with E-state index in [4.69, 9.17) is 24.1 Å². The average Bonchev–Trinajstić information content (AvgIpc) is 3.05. The van der Waals surface area contributed by atoms with E-state index in [0.717, 1.165) is 48.0 Å². The van der Waals surface area contributed by atoms with E-state index in [0.29, 0.717) is 38.1 Å². The predicted molar refractivity (Wildman–Crippen MR) is 164 cm³/mol. The first-order valence-electron chi connectivity index (χ1n) is 14.8. The van der Waals surface area contributed by atoms with Gasteiger partial charge in [-0.2, -0.15) is 0 Å². The summed E-state index contributed by atoms with van der Waals surface area (Å²) < 4.78 is 23.8.